The third kappa shape index (κ3) is 4.08. The summed E-state index contributed by atoms with van der Waals surface area (Å²) in [6.45, 7) is 0. The summed E-state index contributed by atoms with van der Waals surface area (Å²) in [7, 11) is 0. The molecular formula is C24H16F3N5O. The first-order valence-electron chi connectivity index (χ1n) is 9.96. The van der Waals surface area contributed by atoms with Gasteiger partial charge in [0.2, 0.25) is 5.95 Å². The number of halogens is 3. The molecule has 0 aliphatic carbocycles. The molecule has 0 radical (unpaired) electrons. The molecule has 5 rings (SSSR count). The predicted octanol–water partition coefficient (Wildman–Crippen LogP) is 5.89. The first-order valence-corrected chi connectivity index (χ1v) is 9.96. The molecule has 5 aromatic rings. The molecule has 1 amide bonds. The fraction of sp³-hybridized carbons (Fsp3) is 0.0417. The van der Waals surface area contributed by atoms with Crippen molar-refractivity contribution in [3.8, 4) is 22.6 Å². The lowest BCUT2D eigenvalue weighted by Crippen LogP contribution is -2.13. The van der Waals surface area contributed by atoms with Crippen LogP contribution in [0.5, 0.6) is 0 Å². The second-order valence-electron chi connectivity index (χ2n) is 7.33. The van der Waals surface area contributed by atoms with Gasteiger partial charge in [0.15, 0.2) is 0 Å². The second-order valence-corrected chi connectivity index (χ2v) is 7.33. The number of alkyl halides is 3. The van der Waals surface area contributed by atoms with Crippen LogP contribution in [0.1, 0.15) is 15.9 Å². The van der Waals surface area contributed by atoms with Crippen LogP contribution in [0.4, 0.5) is 19.1 Å². The predicted molar refractivity (Wildman–Crippen MR) is 119 cm³/mol. The van der Waals surface area contributed by atoms with Crippen LogP contribution >= 0.6 is 0 Å². The Morgan fingerprint density at radius 1 is 0.879 bits per heavy atom. The van der Waals surface area contributed by atoms with E-state index in [1.165, 1.54) is 12.1 Å². The molecule has 164 valence electrons. The lowest BCUT2D eigenvalue weighted by atomic mass is 10.1. The average molecular weight is 447 g/mol. The van der Waals surface area contributed by atoms with Crippen molar-refractivity contribution in [2.24, 2.45) is 0 Å². The summed E-state index contributed by atoms with van der Waals surface area (Å²) < 4.78 is 39.2. The molecular weight excluding hydrogens is 431 g/mol. The number of H-pyrrole nitrogens is 2. The average Bonchev–Trinajstić information content (AvgIpc) is 3.46. The Morgan fingerprint density at radius 2 is 1.64 bits per heavy atom. The van der Waals surface area contributed by atoms with E-state index in [2.05, 4.69) is 25.3 Å². The van der Waals surface area contributed by atoms with Crippen molar-refractivity contribution in [2.45, 2.75) is 6.18 Å². The van der Waals surface area contributed by atoms with Crippen LogP contribution in [-0.2, 0) is 6.18 Å². The van der Waals surface area contributed by atoms with Crippen molar-refractivity contribution in [1.29, 1.82) is 0 Å². The number of carbonyl (C=O) groups is 1. The van der Waals surface area contributed by atoms with E-state index in [0.717, 1.165) is 23.4 Å². The molecule has 2 aromatic heterocycles. The Balaban J connectivity index is 1.44. The highest BCUT2D eigenvalue weighted by atomic mass is 19.4. The van der Waals surface area contributed by atoms with Crippen LogP contribution in [-0.4, -0.2) is 25.8 Å². The molecule has 0 saturated heterocycles. The number of anilines is 1. The topological polar surface area (TPSA) is 86.5 Å². The minimum absolute atomic E-state index is 0.237. The minimum Gasteiger partial charge on any atom is -0.338 e. The molecule has 0 bridgehead atoms. The van der Waals surface area contributed by atoms with Gasteiger partial charge in [-0.2, -0.15) is 13.2 Å². The van der Waals surface area contributed by atoms with Gasteiger partial charge in [0.1, 0.15) is 11.3 Å². The van der Waals surface area contributed by atoms with Crippen molar-refractivity contribution in [1.82, 2.24) is 19.9 Å². The van der Waals surface area contributed by atoms with Gasteiger partial charge < -0.3 is 9.97 Å². The smallest absolute Gasteiger partial charge is 0.338 e. The highest BCUT2D eigenvalue weighted by molar-refractivity contribution is 6.11. The Bertz CT molecular complexity index is 1450. The Morgan fingerprint density at radius 3 is 2.42 bits per heavy atom. The van der Waals surface area contributed by atoms with Crippen LogP contribution in [0, 0.1) is 0 Å². The highest BCUT2D eigenvalue weighted by Crippen LogP contribution is 2.32. The number of aromatic amines is 2. The van der Waals surface area contributed by atoms with Gasteiger partial charge in [-0.15, -0.1) is 0 Å². The molecule has 3 aromatic carbocycles. The standard InChI is InChI=1S/C24H16F3N5O/c25-24(26,27)16-9-4-8-15(12-16)21-29-18-11-5-10-17(20(18)31-21)22(33)32-23-28-13-19(30-23)14-6-2-1-3-7-14/h1-13H,(H,29,31)(H2,28,30,32,33). The summed E-state index contributed by atoms with van der Waals surface area (Å²) in [5.41, 5.74) is 2.30. The molecule has 0 spiro atoms. The number of amides is 1. The largest absolute Gasteiger partial charge is 0.416 e. The van der Waals surface area contributed by atoms with E-state index in [4.69, 9.17) is 0 Å². The number of hydrogen-bond acceptors (Lipinski definition) is 3. The molecule has 0 aliphatic heterocycles. The molecule has 0 atom stereocenters. The zero-order valence-electron chi connectivity index (χ0n) is 16.9. The zero-order valence-corrected chi connectivity index (χ0v) is 16.9. The number of para-hydroxylation sites is 1. The van der Waals surface area contributed by atoms with Crippen molar-refractivity contribution >= 4 is 22.9 Å². The highest BCUT2D eigenvalue weighted by Gasteiger charge is 2.30. The quantitative estimate of drug-likeness (QED) is 0.321. The van der Waals surface area contributed by atoms with Gasteiger partial charge in [-0.1, -0.05) is 48.5 Å². The maximum atomic E-state index is 13.1. The molecule has 2 heterocycles. The van der Waals surface area contributed by atoms with Crippen molar-refractivity contribution < 1.29 is 18.0 Å². The molecule has 0 aliphatic rings. The summed E-state index contributed by atoms with van der Waals surface area (Å²) >= 11 is 0. The van der Waals surface area contributed by atoms with Crippen LogP contribution in [0.3, 0.4) is 0 Å². The summed E-state index contributed by atoms with van der Waals surface area (Å²) in [4.78, 5) is 27.6. The summed E-state index contributed by atoms with van der Waals surface area (Å²) in [5.74, 6) is 0.0573. The number of fused-ring (bicyclic) bond motifs is 1. The second kappa shape index (κ2) is 7.94. The van der Waals surface area contributed by atoms with Crippen LogP contribution in [0.15, 0.2) is 79.0 Å². The van der Waals surface area contributed by atoms with Gasteiger partial charge in [0, 0.05) is 5.56 Å². The number of hydrogen-bond donors (Lipinski definition) is 3. The summed E-state index contributed by atoms with van der Waals surface area (Å²) in [6, 6.07) is 19.4. The normalized spacial score (nSPS) is 11.6. The third-order valence-corrected chi connectivity index (χ3v) is 5.11. The van der Waals surface area contributed by atoms with Crippen LogP contribution in [0.2, 0.25) is 0 Å². The number of nitrogens with zero attached hydrogens (tertiary/aromatic N) is 2. The molecule has 0 saturated carbocycles. The Hall–Kier alpha value is -4.40. The van der Waals surface area contributed by atoms with Crippen LogP contribution < -0.4 is 5.32 Å². The molecule has 0 fully saturated rings. The molecule has 33 heavy (non-hydrogen) atoms. The van der Waals surface area contributed by atoms with Crippen molar-refractivity contribution in [3.05, 3.63) is 90.1 Å². The minimum atomic E-state index is -4.46. The number of imidazole rings is 2. The number of carbonyl (C=O) groups excluding carboxylic acids is 1. The van der Waals surface area contributed by atoms with E-state index in [1.807, 2.05) is 30.3 Å². The van der Waals surface area contributed by atoms with Gasteiger partial charge in [-0.05, 0) is 29.8 Å². The SMILES string of the molecule is O=C(Nc1ncc(-c2ccccc2)[nH]1)c1cccc2[nH]c(-c3cccc(C(F)(F)F)c3)nc12. The molecule has 6 nitrogen and oxygen atoms in total. The van der Waals surface area contributed by atoms with Crippen molar-refractivity contribution in [3.63, 3.8) is 0 Å². The number of nitrogens with one attached hydrogen (secondary N) is 3. The monoisotopic (exact) mass is 447 g/mol. The van der Waals surface area contributed by atoms with Crippen molar-refractivity contribution in [2.75, 3.05) is 5.32 Å². The summed E-state index contributed by atoms with van der Waals surface area (Å²) in [5, 5.41) is 2.71. The maximum absolute atomic E-state index is 13.1. The van der Waals surface area contributed by atoms with E-state index in [-0.39, 0.29) is 22.9 Å². The fourth-order valence-electron chi connectivity index (χ4n) is 3.52. The third-order valence-electron chi connectivity index (χ3n) is 5.11. The van der Waals surface area contributed by atoms with E-state index < -0.39 is 17.6 Å². The lowest BCUT2D eigenvalue weighted by molar-refractivity contribution is -0.137. The fourth-order valence-corrected chi connectivity index (χ4v) is 3.52. The summed E-state index contributed by atoms with van der Waals surface area (Å²) in [6.07, 6.45) is -2.85. The maximum Gasteiger partial charge on any atom is 0.416 e. The van der Waals surface area contributed by atoms with Gasteiger partial charge in [0.05, 0.1) is 28.5 Å². The van der Waals surface area contributed by atoms with Crippen LogP contribution in [0.25, 0.3) is 33.7 Å². The van der Waals surface area contributed by atoms with E-state index in [9.17, 15) is 18.0 Å². The molecule has 9 heteroatoms. The lowest BCUT2D eigenvalue weighted by Gasteiger charge is -2.07. The van der Waals surface area contributed by atoms with Gasteiger partial charge in [-0.3, -0.25) is 10.1 Å². The number of aromatic nitrogens is 4. The number of benzene rings is 3. The zero-order chi connectivity index (χ0) is 23.0. The molecule has 0 unspecified atom stereocenters. The molecule has 3 N–H and O–H groups in total. The Labute approximate surface area is 185 Å². The first-order chi connectivity index (χ1) is 15.9. The van der Waals surface area contributed by atoms with Gasteiger partial charge in [-0.25, -0.2) is 9.97 Å². The van der Waals surface area contributed by atoms with Gasteiger partial charge in [0.25, 0.3) is 5.91 Å². The van der Waals surface area contributed by atoms with Gasteiger partial charge >= 0.3 is 6.18 Å². The Kier molecular flexibility index (Phi) is 4.93. The first kappa shape index (κ1) is 20.5. The van der Waals surface area contributed by atoms with E-state index >= 15 is 0 Å². The van der Waals surface area contributed by atoms with E-state index in [1.54, 1.807) is 24.4 Å². The van der Waals surface area contributed by atoms with E-state index in [0.29, 0.717) is 11.0 Å². The number of rotatable bonds is 4.